The van der Waals surface area contributed by atoms with Gasteiger partial charge in [0.05, 0.1) is 13.1 Å². The average Bonchev–Trinajstić information content (AvgIpc) is 2.70. The first-order chi connectivity index (χ1) is 11.5. The third-order valence-corrected chi connectivity index (χ3v) is 5.22. The number of carbonyl (C=O) groups excluding carboxylic acids is 2. The molecule has 0 atom stereocenters. The lowest BCUT2D eigenvalue weighted by Crippen LogP contribution is -2.52. The number of aliphatic hydroxyl groups is 1. The third kappa shape index (κ3) is 6.96. The molecular weight excluding hydrogens is 316 g/mol. The Bertz CT molecular complexity index is 412. The van der Waals surface area contributed by atoms with Gasteiger partial charge in [0.15, 0.2) is 0 Å². The maximum absolute atomic E-state index is 12.6. The van der Waals surface area contributed by atoms with Gasteiger partial charge < -0.3 is 14.9 Å². The van der Waals surface area contributed by atoms with Gasteiger partial charge in [0, 0.05) is 25.9 Å². The van der Waals surface area contributed by atoms with E-state index in [2.05, 4.69) is 27.7 Å². The van der Waals surface area contributed by atoms with Gasteiger partial charge in [-0.25, -0.2) is 0 Å². The number of β-amino-alcohol motifs (C(OH)–C–C–N with tert-alkyl or cyclic N) is 1. The van der Waals surface area contributed by atoms with Gasteiger partial charge in [-0.15, -0.1) is 0 Å². The molecule has 0 unspecified atom stereocenters. The summed E-state index contributed by atoms with van der Waals surface area (Å²) in [6.07, 6.45) is 2.72. The summed E-state index contributed by atoms with van der Waals surface area (Å²) < 4.78 is 0. The molecule has 1 aliphatic rings. The Balaban J connectivity index is 2.83. The van der Waals surface area contributed by atoms with Crippen molar-refractivity contribution in [2.24, 2.45) is 17.8 Å². The van der Waals surface area contributed by atoms with E-state index in [1.807, 2.05) is 13.8 Å². The summed E-state index contributed by atoms with van der Waals surface area (Å²) in [4.78, 5) is 28.7. The Kier molecular flexibility index (Phi) is 8.39. The second kappa shape index (κ2) is 9.56. The van der Waals surface area contributed by atoms with Crippen LogP contribution in [0.2, 0.25) is 0 Å². The molecule has 0 aromatic heterocycles. The van der Waals surface area contributed by atoms with Crippen LogP contribution in [0, 0.1) is 17.8 Å². The van der Waals surface area contributed by atoms with Crippen LogP contribution in [0.3, 0.4) is 0 Å². The van der Waals surface area contributed by atoms with Crippen LogP contribution < -0.4 is 0 Å². The van der Waals surface area contributed by atoms with Crippen molar-refractivity contribution in [3.63, 3.8) is 0 Å². The Hall–Kier alpha value is -1.10. The van der Waals surface area contributed by atoms with Gasteiger partial charge in [0.25, 0.3) is 0 Å². The van der Waals surface area contributed by atoms with E-state index in [-0.39, 0.29) is 17.7 Å². The molecule has 1 fully saturated rings. The lowest BCUT2D eigenvalue weighted by atomic mass is 9.89. The van der Waals surface area contributed by atoms with E-state index in [0.717, 1.165) is 12.8 Å². The van der Waals surface area contributed by atoms with E-state index in [4.69, 9.17) is 0 Å². The third-order valence-electron chi connectivity index (χ3n) is 5.22. The molecule has 146 valence electrons. The molecule has 0 aromatic rings. The number of rotatable bonds is 7. The molecule has 2 amide bonds. The predicted octanol–water partition coefficient (Wildman–Crippen LogP) is 2.92. The van der Waals surface area contributed by atoms with Crippen LogP contribution in [0.15, 0.2) is 0 Å². The zero-order valence-electron chi connectivity index (χ0n) is 17.0. The maximum atomic E-state index is 12.6. The molecule has 1 saturated heterocycles. The zero-order chi connectivity index (χ0) is 19.2. The Labute approximate surface area is 153 Å². The number of nitrogens with zero attached hydrogens (tertiary/aromatic N) is 2. The van der Waals surface area contributed by atoms with Gasteiger partial charge >= 0.3 is 0 Å². The van der Waals surface area contributed by atoms with Crippen LogP contribution in [-0.4, -0.2) is 58.5 Å². The van der Waals surface area contributed by atoms with Crippen molar-refractivity contribution in [3.8, 4) is 0 Å². The van der Waals surface area contributed by atoms with Gasteiger partial charge in [-0.2, -0.15) is 0 Å². The van der Waals surface area contributed by atoms with E-state index in [9.17, 15) is 14.7 Å². The van der Waals surface area contributed by atoms with Crippen molar-refractivity contribution in [2.45, 2.75) is 72.8 Å². The Morgan fingerprint density at radius 2 is 1.20 bits per heavy atom. The standard InChI is InChI=1S/C20H38N2O3/c1-15(2)7-9-18(23)21-11-12-22(19(24)10-8-16(3)4)14-20(25,13-21)17(5)6/h15-17,25H,7-14H2,1-6H3. The lowest BCUT2D eigenvalue weighted by Gasteiger charge is -2.36. The monoisotopic (exact) mass is 354 g/mol. The van der Waals surface area contributed by atoms with E-state index in [0.29, 0.717) is 50.9 Å². The van der Waals surface area contributed by atoms with Crippen molar-refractivity contribution in [3.05, 3.63) is 0 Å². The van der Waals surface area contributed by atoms with Crippen molar-refractivity contribution >= 4 is 11.8 Å². The topological polar surface area (TPSA) is 60.9 Å². The minimum absolute atomic E-state index is 0.0219. The molecule has 1 heterocycles. The molecule has 0 saturated carbocycles. The van der Waals surface area contributed by atoms with E-state index >= 15 is 0 Å². The number of hydrogen-bond donors (Lipinski definition) is 1. The van der Waals surface area contributed by atoms with Crippen LogP contribution in [0.1, 0.15) is 67.2 Å². The normalized spacial score (nSPS) is 18.2. The summed E-state index contributed by atoms with van der Waals surface area (Å²) in [7, 11) is 0. The van der Waals surface area contributed by atoms with Gasteiger partial charge in [-0.1, -0.05) is 41.5 Å². The molecule has 0 aromatic carbocycles. The van der Waals surface area contributed by atoms with Gasteiger partial charge in [-0.05, 0) is 30.6 Å². The van der Waals surface area contributed by atoms with Crippen LogP contribution >= 0.6 is 0 Å². The summed E-state index contributed by atoms with van der Waals surface area (Å²) in [6, 6.07) is 0. The largest absolute Gasteiger partial charge is 0.386 e. The Morgan fingerprint density at radius 3 is 1.48 bits per heavy atom. The molecule has 0 aliphatic carbocycles. The molecule has 0 radical (unpaired) electrons. The molecule has 0 bridgehead atoms. The second-order valence-corrected chi connectivity index (χ2v) is 8.75. The molecule has 1 N–H and O–H groups in total. The molecule has 25 heavy (non-hydrogen) atoms. The Morgan fingerprint density at radius 1 is 0.840 bits per heavy atom. The van der Waals surface area contributed by atoms with Crippen molar-refractivity contribution in [1.82, 2.24) is 9.80 Å². The minimum atomic E-state index is -1.04. The fraction of sp³-hybridized carbons (Fsp3) is 0.900. The highest BCUT2D eigenvalue weighted by Gasteiger charge is 2.40. The van der Waals surface area contributed by atoms with E-state index < -0.39 is 5.60 Å². The van der Waals surface area contributed by atoms with E-state index in [1.54, 1.807) is 9.80 Å². The summed E-state index contributed by atoms with van der Waals surface area (Å²) >= 11 is 0. The number of amides is 2. The van der Waals surface area contributed by atoms with Crippen LogP contribution in [0.4, 0.5) is 0 Å². The van der Waals surface area contributed by atoms with Gasteiger partial charge in [-0.3, -0.25) is 9.59 Å². The van der Waals surface area contributed by atoms with Crippen LogP contribution in [0.5, 0.6) is 0 Å². The summed E-state index contributed by atoms with van der Waals surface area (Å²) in [6.45, 7) is 14.0. The van der Waals surface area contributed by atoms with Crippen molar-refractivity contribution in [1.29, 1.82) is 0 Å². The van der Waals surface area contributed by atoms with Crippen molar-refractivity contribution in [2.75, 3.05) is 26.2 Å². The summed E-state index contributed by atoms with van der Waals surface area (Å²) in [5, 5.41) is 11.1. The quantitative estimate of drug-likeness (QED) is 0.765. The SMILES string of the molecule is CC(C)CCC(=O)N1CCN(C(=O)CCC(C)C)CC(O)(C(C)C)C1. The van der Waals surface area contributed by atoms with Crippen molar-refractivity contribution < 1.29 is 14.7 Å². The first kappa shape index (κ1) is 21.9. The average molecular weight is 355 g/mol. The van der Waals surface area contributed by atoms with Gasteiger partial charge in [0.2, 0.25) is 11.8 Å². The molecule has 1 rings (SSSR count). The smallest absolute Gasteiger partial charge is 0.222 e. The molecule has 5 nitrogen and oxygen atoms in total. The first-order valence-corrected chi connectivity index (χ1v) is 9.83. The van der Waals surface area contributed by atoms with Crippen LogP contribution in [-0.2, 0) is 9.59 Å². The first-order valence-electron chi connectivity index (χ1n) is 9.83. The van der Waals surface area contributed by atoms with Gasteiger partial charge in [0.1, 0.15) is 5.60 Å². The highest BCUT2D eigenvalue weighted by Crippen LogP contribution is 2.24. The summed E-state index contributed by atoms with van der Waals surface area (Å²) in [5.74, 6) is 1.11. The molecule has 5 heteroatoms. The molecule has 1 aliphatic heterocycles. The second-order valence-electron chi connectivity index (χ2n) is 8.75. The fourth-order valence-electron chi connectivity index (χ4n) is 3.04. The van der Waals surface area contributed by atoms with E-state index in [1.165, 1.54) is 0 Å². The predicted molar refractivity (Wildman–Crippen MR) is 101 cm³/mol. The molecule has 0 spiro atoms. The highest BCUT2D eigenvalue weighted by atomic mass is 16.3. The summed E-state index contributed by atoms with van der Waals surface area (Å²) in [5.41, 5.74) is -1.04. The molecular formula is C20H38N2O3. The lowest BCUT2D eigenvalue weighted by molar-refractivity contribution is -0.136. The number of hydrogen-bond acceptors (Lipinski definition) is 3. The maximum Gasteiger partial charge on any atom is 0.222 e. The fourth-order valence-corrected chi connectivity index (χ4v) is 3.04. The number of carbonyl (C=O) groups is 2. The van der Waals surface area contributed by atoms with Crippen LogP contribution in [0.25, 0.3) is 0 Å². The highest BCUT2D eigenvalue weighted by molar-refractivity contribution is 5.78. The zero-order valence-corrected chi connectivity index (χ0v) is 17.0. The minimum Gasteiger partial charge on any atom is -0.386 e.